The Kier molecular flexibility index (Phi) is 4.21. The van der Waals surface area contributed by atoms with Crippen LogP contribution in [-0.4, -0.2) is 34.8 Å². The lowest BCUT2D eigenvalue weighted by Gasteiger charge is -2.41. The average molecular weight is 382 g/mol. The standard InChI is InChI=1S/C18H24BrNO3/c1-17(2,3)23-16(22)20-8-6-18(7-9-20)11-12-4-5-13(19)10-14(12)15(18)21/h4-5,10,15,21H,6-9,11H2,1-3H3. The third kappa shape index (κ3) is 3.26. The average Bonchev–Trinajstić information content (AvgIpc) is 2.71. The molecule has 1 aliphatic carbocycles. The van der Waals surface area contributed by atoms with Gasteiger partial charge >= 0.3 is 6.09 Å². The molecule has 1 heterocycles. The Morgan fingerprint density at radius 3 is 2.61 bits per heavy atom. The van der Waals surface area contributed by atoms with E-state index in [2.05, 4.69) is 22.0 Å². The van der Waals surface area contributed by atoms with E-state index < -0.39 is 11.7 Å². The first-order valence-corrected chi connectivity index (χ1v) is 8.94. The van der Waals surface area contributed by atoms with Crippen molar-refractivity contribution in [3.63, 3.8) is 0 Å². The molecule has 1 aliphatic heterocycles. The maximum absolute atomic E-state index is 12.2. The smallest absolute Gasteiger partial charge is 0.410 e. The summed E-state index contributed by atoms with van der Waals surface area (Å²) in [5.41, 5.74) is 1.65. The number of aliphatic hydroxyl groups is 1. The van der Waals surface area contributed by atoms with Crippen LogP contribution in [0.4, 0.5) is 4.79 Å². The fourth-order valence-electron chi connectivity index (χ4n) is 3.70. The van der Waals surface area contributed by atoms with E-state index in [1.807, 2.05) is 32.9 Å². The molecular weight excluding hydrogens is 358 g/mol. The van der Waals surface area contributed by atoms with E-state index in [0.29, 0.717) is 13.1 Å². The van der Waals surface area contributed by atoms with Crippen LogP contribution in [0, 0.1) is 5.41 Å². The first-order valence-electron chi connectivity index (χ1n) is 8.15. The van der Waals surface area contributed by atoms with Crippen LogP contribution in [0.2, 0.25) is 0 Å². The van der Waals surface area contributed by atoms with E-state index in [0.717, 1.165) is 29.3 Å². The summed E-state index contributed by atoms with van der Waals surface area (Å²) < 4.78 is 6.45. The molecule has 4 nitrogen and oxygen atoms in total. The van der Waals surface area contributed by atoms with Gasteiger partial charge in [0.05, 0.1) is 6.10 Å². The molecule has 0 aromatic heterocycles. The van der Waals surface area contributed by atoms with E-state index in [9.17, 15) is 9.90 Å². The van der Waals surface area contributed by atoms with Crippen molar-refractivity contribution in [2.75, 3.05) is 13.1 Å². The maximum Gasteiger partial charge on any atom is 0.410 e. The van der Waals surface area contributed by atoms with Gasteiger partial charge in [-0.05, 0) is 63.3 Å². The first kappa shape index (κ1) is 16.8. The number of rotatable bonds is 0. The van der Waals surface area contributed by atoms with Crippen LogP contribution in [0.15, 0.2) is 22.7 Å². The van der Waals surface area contributed by atoms with Crippen LogP contribution in [0.1, 0.15) is 50.8 Å². The fourth-order valence-corrected chi connectivity index (χ4v) is 4.08. The Balaban J connectivity index is 1.69. The minimum atomic E-state index is -0.471. The zero-order valence-corrected chi connectivity index (χ0v) is 15.5. The van der Waals surface area contributed by atoms with E-state index in [1.54, 1.807) is 4.90 Å². The SMILES string of the molecule is CC(C)(C)OC(=O)N1CCC2(CC1)Cc1ccc(Br)cc1C2O. The number of nitrogens with zero attached hydrogens (tertiary/aromatic N) is 1. The normalized spacial score (nSPS) is 23.0. The van der Waals surface area contributed by atoms with E-state index >= 15 is 0 Å². The van der Waals surface area contributed by atoms with Gasteiger partial charge in [0, 0.05) is 23.0 Å². The highest BCUT2D eigenvalue weighted by molar-refractivity contribution is 9.10. The molecule has 2 aliphatic rings. The van der Waals surface area contributed by atoms with Gasteiger partial charge < -0.3 is 14.7 Å². The van der Waals surface area contributed by atoms with Gasteiger partial charge in [0.1, 0.15) is 5.60 Å². The van der Waals surface area contributed by atoms with Gasteiger partial charge in [-0.3, -0.25) is 0 Å². The largest absolute Gasteiger partial charge is 0.444 e. The molecule has 1 amide bonds. The van der Waals surface area contributed by atoms with Gasteiger partial charge in [-0.15, -0.1) is 0 Å². The lowest BCUT2D eigenvalue weighted by atomic mass is 9.74. The third-order valence-corrected chi connectivity index (χ3v) is 5.43. The third-order valence-electron chi connectivity index (χ3n) is 4.94. The molecule has 1 saturated heterocycles. The summed E-state index contributed by atoms with van der Waals surface area (Å²) in [6.45, 7) is 6.92. The van der Waals surface area contributed by atoms with E-state index in [1.165, 1.54) is 5.56 Å². The summed E-state index contributed by atoms with van der Waals surface area (Å²) in [7, 11) is 0. The van der Waals surface area contributed by atoms with Crippen LogP contribution in [0.3, 0.4) is 0 Å². The van der Waals surface area contributed by atoms with Crippen molar-refractivity contribution in [1.29, 1.82) is 0 Å². The lowest BCUT2D eigenvalue weighted by Crippen LogP contribution is -2.46. The van der Waals surface area contributed by atoms with Crippen molar-refractivity contribution >= 4 is 22.0 Å². The summed E-state index contributed by atoms with van der Waals surface area (Å²) in [4.78, 5) is 14.0. The van der Waals surface area contributed by atoms with Crippen molar-refractivity contribution < 1.29 is 14.6 Å². The monoisotopic (exact) mass is 381 g/mol. The summed E-state index contributed by atoms with van der Waals surface area (Å²) in [6.07, 6.45) is 1.80. The predicted molar refractivity (Wildman–Crippen MR) is 92.3 cm³/mol. The van der Waals surface area contributed by atoms with Crippen molar-refractivity contribution in [2.24, 2.45) is 5.41 Å². The second-order valence-electron chi connectivity index (χ2n) is 7.75. The minimum absolute atomic E-state index is 0.137. The first-order chi connectivity index (χ1) is 10.7. The van der Waals surface area contributed by atoms with Crippen LogP contribution < -0.4 is 0 Å². The Morgan fingerprint density at radius 1 is 1.35 bits per heavy atom. The van der Waals surface area contributed by atoms with Gasteiger partial charge in [0.15, 0.2) is 0 Å². The summed E-state index contributed by atoms with van der Waals surface area (Å²) >= 11 is 3.48. The predicted octanol–water partition coefficient (Wildman–Crippen LogP) is 4.06. The topological polar surface area (TPSA) is 49.8 Å². The molecule has 1 spiro atoms. The number of fused-ring (bicyclic) bond motifs is 1. The van der Waals surface area contributed by atoms with Crippen LogP contribution in [-0.2, 0) is 11.2 Å². The molecule has 1 aromatic carbocycles. The molecule has 3 rings (SSSR count). The minimum Gasteiger partial charge on any atom is -0.444 e. The molecule has 126 valence electrons. The number of carbonyl (C=O) groups is 1. The zero-order chi connectivity index (χ0) is 16.8. The molecule has 23 heavy (non-hydrogen) atoms. The molecule has 0 saturated carbocycles. The zero-order valence-electron chi connectivity index (χ0n) is 13.9. The highest BCUT2D eigenvalue weighted by atomic mass is 79.9. The number of likely N-dealkylation sites (tertiary alicyclic amines) is 1. The molecule has 1 atom stereocenters. The Morgan fingerprint density at radius 2 is 2.00 bits per heavy atom. The van der Waals surface area contributed by atoms with Crippen LogP contribution in [0.5, 0.6) is 0 Å². The van der Waals surface area contributed by atoms with Crippen molar-refractivity contribution in [1.82, 2.24) is 4.90 Å². The Labute approximate surface area is 145 Å². The van der Waals surface area contributed by atoms with Crippen LogP contribution in [0.25, 0.3) is 0 Å². The fraction of sp³-hybridized carbons (Fsp3) is 0.611. The number of hydrogen-bond donors (Lipinski definition) is 1. The second-order valence-corrected chi connectivity index (χ2v) is 8.67. The molecule has 1 aromatic rings. The summed E-state index contributed by atoms with van der Waals surface area (Å²) in [5, 5.41) is 10.8. The molecule has 1 N–H and O–H groups in total. The van der Waals surface area contributed by atoms with E-state index in [-0.39, 0.29) is 11.5 Å². The molecule has 1 unspecified atom stereocenters. The van der Waals surface area contributed by atoms with Gasteiger partial charge in [0.25, 0.3) is 0 Å². The van der Waals surface area contributed by atoms with Crippen LogP contribution >= 0.6 is 15.9 Å². The highest BCUT2D eigenvalue weighted by Gasteiger charge is 2.47. The molecule has 1 fully saturated rings. The second kappa shape index (κ2) is 5.78. The lowest BCUT2D eigenvalue weighted by molar-refractivity contribution is -0.0255. The number of benzene rings is 1. The molecule has 5 heteroatoms. The van der Waals surface area contributed by atoms with Crippen molar-refractivity contribution in [3.8, 4) is 0 Å². The summed E-state index contributed by atoms with van der Waals surface area (Å²) in [6, 6.07) is 6.15. The van der Waals surface area contributed by atoms with E-state index in [4.69, 9.17) is 4.74 Å². The molecular formula is C18H24BrNO3. The number of piperidine rings is 1. The molecule has 0 radical (unpaired) electrons. The highest BCUT2D eigenvalue weighted by Crippen LogP contribution is 2.52. The quantitative estimate of drug-likeness (QED) is 0.736. The number of aliphatic hydroxyl groups excluding tert-OH is 1. The van der Waals surface area contributed by atoms with Crippen molar-refractivity contribution in [3.05, 3.63) is 33.8 Å². The van der Waals surface area contributed by atoms with Gasteiger partial charge in [-0.25, -0.2) is 4.79 Å². The Hall–Kier alpha value is -1.07. The maximum atomic E-state index is 12.2. The van der Waals surface area contributed by atoms with Crippen molar-refractivity contribution in [2.45, 2.75) is 51.7 Å². The van der Waals surface area contributed by atoms with Gasteiger partial charge in [-0.1, -0.05) is 22.0 Å². The number of halogens is 1. The number of amides is 1. The van der Waals surface area contributed by atoms with Gasteiger partial charge in [-0.2, -0.15) is 0 Å². The van der Waals surface area contributed by atoms with Gasteiger partial charge in [0.2, 0.25) is 0 Å². The summed E-state index contributed by atoms with van der Waals surface area (Å²) in [5.74, 6) is 0. The molecule has 0 bridgehead atoms. The number of carbonyl (C=O) groups excluding carboxylic acids is 1. The number of hydrogen-bond acceptors (Lipinski definition) is 3. The Bertz CT molecular complexity index is 615. The number of ether oxygens (including phenoxy) is 1.